The molecule has 0 unspecified atom stereocenters. The van der Waals surface area contributed by atoms with Crippen molar-refractivity contribution in [1.29, 1.82) is 0 Å². The van der Waals surface area contributed by atoms with Crippen LogP contribution in [0.3, 0.4) is 0 Å². The van der Waals surface area contributed by atoms with E-state index in [-0.39, 0.29) is 29.5 Å². The molecule has 25 heavy (non-hydrogen) atoms. The van der Waals surface area contributed by atoms with E-state index in [1.165, 1.54) is 19.2 Å². The highest BCUT2D eigenvalue weighted by Gasteiger charge is 2.35. The maximum absolute atomic E-state index is 13.3. The van der Waals surface area contributed by atoms with E-state index in [0.29, 0.717) is 24.8 Å². The molecule has 2 N–H and O–H groups in total. The molecule has 0 radical (unpaired) electrons. The average molecular weight is 371 g/mol. The van der Waals surface area contributed by atoms with Crippen LogP contribution in [0.1, 0.15) is 31.2 Å². The standard InChI is InChI=1S/C15H19F2N5O2S/c1-18-25(23,24)12-3-2-11(13(9-12)14-19-21-22-20-14)8-10-4-6-15(16,17)7-5-10/h2-3,9-10,18H,4-8H2,1H3,(H,19,20,21,22). The van der Waals surface area contributed by atoms with Gasteiger partial charge < -0.3 is 0 Å². The molecule has 1 heterocycles. The van der Waals surface area contributed by atoms with Crippen molar-refractivity contribution >= 4 is 10.0 Å². The van der Waals surface area contributed by atoms with Crippen LogP contribution in [0.2, 0.25) is 0 Å². The highest BCUT2D eigenvalue weighted by Crippen LogP contribution is 2.38. The van der Waals surface area contributed by atoms with E-state index in [2.05, 4.69) is 25.3 Å². The van der Waals surface area contributed by atoms with Crippen molar-refractivity contribution in [2.45, 2.75) is 42.9 Å². The molecule has 10 heteroatoms. The Morgan fingerprint density at radius 3 is 2.64 bits per heavy atom. The van der Waals surface area contributed by atoms with Gasteiger partial charge in [-0.25, -0.2) is 21.9 Å². The van der Waals surface area contributed by atoms with Gasteiger partial charge >= 0.3 is 0 Å². The van der Waals surface area contributed by atoms with Gasteiger partial charge in [0.25, 0.3) is 0 Å². The lowest BCUT2D eigenvalue weighted by atomic mass is 9.82. The number of tetrazole rings is 1. The number of halogens is 2. The topological polar surface area (TPSA) is 101 Å². The molecule has 0 bridgehead atoms. The molecule has 0 atom stereocenters. The summed E-state index contributed by atoms with van der Waals surface area (Å²) in [5.74, 6) is -2.17. The van der Waals surface area contributed by atoms with Crippen LogP contribution in [0.25, 0.3) is 11.4 Å². The highest BCUT2D eigenvalue weighted by atomic mass is 32.2. The molecule has 136 valence electrons. The summed E-state index contributed by atoms with van der Waals surface area (Å²) in [5, 5.41) is 13.7. The van der Waals surface area contributed by atoms with E-state index in [4.69, 9.17) is 0 Å². The third-order valence-electron chi connectivity index (χ3n) is 4.59. The molecule has 1 saturated carbocycles. The van der Waals surface area contributed by atoms with Gasteiger partial charge in [0.1, 0.15) is 0 Å². The summed E-state index contributed by atoms with van der Waals surface area (Å²) in [4.78, 5) is 0.0914. The van der Waals surface area contributed by atoms with Gasteiger partial charge in [0.15, 0.2) is 0 Å². The van der Waals surface area contributed by atoms with E-state index >= 15 is 0 Å². The van der Waals surface area contributed by atoms with Crippen molar-refractivity contribution in [2.75, 3.05) is 7.05 Å². The number of nitrogens with one attached hydrogen (secondary N) is 2. The van der Waals surface area contributed by atoms with Crippen molar-refractivity contribution < 1.29 is 17.2 Å². The van der Waals surface area contributed by atoms with Crippen molar-refractivity contribution in [3.8, 4) is 11.4 Å². The molecule has 1 aliphatic rings. The molecule has 1 aromatic heterocycles. The Balaban J connectivity index is 1.91. The van der Waals surface area contributed by atoms with Gasteiger partial charge in [0, 0.05) is 18.4 Å². The first-order valence-electron chi connectivity index (χ1n) is 7.99. The zero-order chi connectivity index (χ0) is 18.1. The Morgan fingerprint density at radius 2 is 2.04 bits per heavy atom. The number of nitrogens with zero attached hydrogens (tertiary/aromatic N) is 3. The zero-order valence-corrected chi connectivity index (χ0v) is 14.5. The van der Waals surface area contributed by atoms with E-state index in [0.717, 1.165) is 5.56 Å². The summed E-state index contributed by atoms with van der Waals surface area (Å²) >= 11 is 0. The number of alkyl halides is 2. The molecule has 0 aliphatic heterocycles. The van der Waals surface area contributed by atoms with E-state index < -0.39 is 15.9 Å². The van der Waals surface area contributed by atoms with Crippen molar-refractivity contribution in [3.63, 3.8) is 0 Å². The van der Waals surface area contributed by atoms with Gasteiger partial charge in [-0.1, -0.05) is 6.07 Å². The smallest absolute Gasteiger partial charge is 0.214 e. The van der Waals surface area contributed by atoms with Gasteiger partial charge in [-0.2, -0.15) is 5.21 Å². The number of H-pyrrole nitrogens is 1. The Labute approximate surface area is 144 Å². The molecule has 1 fully saturated rings. The summed E-state index contributed by atoms with van der Waals surface area (Å²) in [6, 6.07) is 4.69. The van der Waals surface area contributed by atoms with E-state index in [9.17, 15) is 17.2 Å². The largest absolute Gasteiger partial charge is 0.248 e. The SMILES string of the molecule is CNS(=O)(=O)c1ccc(CC2CCC(F)(F)CC2)c(-c2nn[nH]n2)c1. The van der Waals surface area contributed by atoms with Gasteiger partial charge in [-0.3, -0.25) is 0 Å². The first kappa shape index (κ1) is 17.9. The second kappa shape index (κ2) is 6.75. The molecule has 0 amide bonds. The maximum atomic E-state index is 13.3. The predicted octanol–water partition coefficient (Wildman–Crippen LogP) is 2.14. The number of sulfonamides is 1. The Hall–Kier alpha value is -1.94. The van der Waals surface area contributed by atoms with Crippen LogP contribution >= 0.6 is 0 Å². The second-order valence-electron chi connectivity index (χ2n) is 6.27. The first-order chi connectivity index (χ1) is 11.8. The summed E-state index contributed by atoms with van der Waals surface area (Å²) in [6.45, 7) is 0. The Bertz CT molecular complexity index is 830. The summed E-state index contributed by atoms with van der Waals surface area (Å²) in [6.07, 6.45) is 1.23. The molecule has 1 aliphatic carbocycles. The maximum Gasteiger partial charge on any atom is 0.248 e. The molecular weight excluding hydrogens is 352 g/mol. The summed E-state index contributed by atoms with van der Waals surface area (Å²) in [5.41, 5.74) is 1.37. The van der Waals surface area contributed by atoms with Crippen LogP contribution in [0.5, 0.6) is 0 Å². The van der Waals surface area contributed by atoms with Crippen LogP contribution in [-0.2, 0) is 16.4 Å². The predicted molar refractivity (Wildman–Crippen MR) is 86.5 cm³/mol. The third kappa shape index (κ3) is 4.01. The molecule has 3 rings (SSSR count). The Morgan fingerprint density at radius 1 is 1.32 bits per heavy atom. The number of rotatable bonds is 5. The van der Waals surface area contributed by atoms with E-state index in [1.807, 2.05) is 0 Å². The first-order valence-corrected chi connectivity index (χ1v) is 9.47. The van der Waals surface area contributed by atoms with Gasteiger partial charge in [-0.05, 0) is 55.1 Å². The van der Waals surface area contributed by atoms with Crippen LogP contribution in [0, 0.1) is 5.92 Å². The molecule has 0 saturated heterocycles. The molecule has 7 nitrogen and oxygen atoms in total. The normalized spacial score (nSPS) is 18.4. The minimum Gasteiger partial charge on any atom is -0.214 e. The number of benzene rings is 1. The monoisotopic (exact) mass is 371 g/mol. The highest BCUT2D eigenvalue weighted by molar-refractivity contribution is 7.89. The quantitative estimate of drug-likeness (QED) is 0.839. The van der Waals surface area contributed by atoms with Crippen LogP contribution in [-0.4, -0.2) is 42.0 Å². The van der Waals surface area contributed by atoms with Crippen LogP contribution < -0.4 is 4.72 Å². The molecule has 2 aromatic rings. The molecular formula is C15H19F2N5O2S. The lowest BCUT2D eigenvalue weighted by molar-refractivity contribution is -0.0456. The van der Waals surface area contributed by atoms with Gasteiger partial charge in [-0.15, -0.1) is 10.2 Å². The van der Waals surface area contributed by atoms with Crippen LogP contribution in [0.15, 0.2) is 23.1 Å². The lowest BCUT2D eigenvalue weighted by Crippen LogP contribution is -2.25. The minimum absolute atomic E-state index is 0.0914. The summed E-state index contributed by atoms with van der Waals surface area (Å²) in [7, 11) is -2.28. The van der Waals surface area contributed by atoms with Crippen molar-refractivity contribution in [3.05, 3.63) is 23.8 Å². The average Bonchev–Trinajstić information content (AvgIpc) is 3.11. The number of aromatic nitrogens is 4. The summed E-state index contributed by atoms with van der Waals surface area (Å²) < 4.78 is 53.0. The number of aromatic amines is 1. The van der Waals surface area contributed by atoms with Crippen LogP contribution in [0.4, 0.5) is 8.78 Å². The fraction of sp³-hybridized carbons (Fsp3) is 0.533. The third-order valence-corrected chi connectivity index (χ3v) is 6.00. The van der Waals surface area contributed by atoms with Gasteiger partial charge in [0.05, 0.1) is 4.90 Å². The fourth-order valence-electron chi connectivity index (χ4n) is 3.12. The van der Waals surface area contributed by atoms with Gasteiger partial charge in [0.2, 0.25) is 21.8 Å². The fourth-order valence-corrected chi connectivity index (χ4v) is 3.87. The second-order valence-corrected chi connectivity index (χ2v) is 8.15. The lowest BCUT2D eigenvalue weighted by Gasteiger charge is -2.28. The number of hydrogen-bond donors (Lipinski definition) is 2. The molecule has 1 aromatic carbocycles. The van der Waals surface area contributed by atoms with Crippen molar-refractivity contribution in [1.82, 2.24) is 25.3 Å². The zero-order valence-electron chi connectivity index (χ0n) is 13.7. The Kier molecular flexibility index (Phi) is 4.83. The van der Waals surface area contributed by atoms with E-state index in [1.54, 1.807) is 6.07 Å². The minimum atomic E-state index is -3.61. The number of hydrogen-bond acceptors (Lipinski definition) is 5. The molecule has 0 spiro atoms. The van der Waals surface area contributed by atoms with Crippen molar-refractivity contribution in [2.24, 2.45) is 5.92 Å².